The van der Waals surface area contributed by atoms with E-state index < -0.39 is 0 Å². The first-order chi connectivity index (χ1) is 38.6. The highest BCUT2D eigenvalue weighted by atomic mass is 16.5. The third-order valence-electron chi connectivity index (χ3n) is 17.8. The summed E-state index contributed by atoms with van der Waals surface area (Å²) in [5, 5.41) is 0. The van der Waals surface area contributed by atoms with Crippen LogP contribution < -0.4 is 0 Å². The first-order valence-electron chi connectivity index (χ1n) is 36.9. The van der Waals surface area contributed by atoms with Crippen molar-refractivity contribution < 1.29 is 19.1 Å². The summed E-state index contributed by atoms with van der Waals surface area (Å²) in [6.07, 6.45) is 84.3. The standard InChI is InChI=1S/C74H146O4/c1-5-9-13-17-21-25-29-32-34-36-38-40-42-44-46-49-53-57-61-65-69-77-73(75)71(67-63-59-55-51-28-24-20-16-12-8-4)72(68-64-60-56-52-48-31-27-23-19-15-11-7-3)74(76)78-70-66-62-58-54-50-47-45-43-41-39-37-35-33-30-26-22-18-14-10-6-2/h71-72H,5-70H2,1-4H3. The molecule has 2 unspecified atom stereocenters. The van der Waals surface area contributed by atoms with E-state index in [4.69, 9.17) is 9.47 Å². The van der Waals surface area contributed by atoms with Crippen molar-refractivity contribution in [3.05, 3.63) is 0 Å². The van der Waals surface area contributed by atoms with Gasteiger partial charge in [-0.2, -0.15) is 0 Å². The molecule has 0 N–H and O–H groups in total. The maximum atomic E-state index is 14.1. The number of hydrogen-bond donors (Lipinski definition) is 0. The topological polar surface area (TPSA) is 52.6 Å². The van der Waals surface area contributed by atoms with Gasteiger partial charge in [0.15, 0.2) is 0 Å². The minimum absolute atomic E-state index is 0.122. The van der Waals surface area contributed by atoms with Crippen LogP contribution in [-0.4, -0.2) is 25.2 Å². The Bertz CT molecular complexity index is 1120. The van der Waals surface area contributed by atoms with Crippen molar-refractivity contribution >= 4 is 11.9 Å². The van der Waals surface area contributed by atoms with Crippen LogP contribution in [0, 0.1) is 11.8 Å². The van der Waals surface area contributed by atoms with Gasteiger partial charge in [0, 0.05) is 0 Å². The van der Waals surface area contributed by atoms with Crippen LogP contribution in [0.25, 0.3) is 0 Å². The van der Waals surface area contributed by atoms with E-state index in [1.807, 2.05) is 0 Å². The number of ether oxygens (including phenoxy) is 2. The predicted molar refractivity (Wildman–Crippen MR) is 347 cm³/mol. The van der Waals surface area contributed by atoms with Crippen molar-refractivity contribution in [1.82, 2.24) is 0 Å². The van der Waals surface area contributed by atoms with Gasteiger partial charge in [0.25, 0.3) is 0 Å². The summed E-state index contributed by atoms with van der Waals surface area (Å²) in [5.41, 5.74) is 0. The van der Waals surface area contributed by atoms with E-state index in [9.17, 15) is 9.59 Å². The second-order valence-electron chi connectivity index (χ2n) is 25.6. The van der Waals surface area contributed by atoms with Crippen LogP contribution in [0.1, 0.15) is 439 Å². The summed E-state index contributed by atoms with van der Waals surface area (Å²) in [6.45, 7) is 10.2. The van der Waals surface area contributed by atoms with Gasteiger partial charge in [-0.05, 0) is 25.7 Å². The highest BCUT2D eigenvalue weighted by Gasteiger charge is 2.35. The molecule has 0 rings (SSSR count). The Labute approximate surface area is 492 Å². The average molecular weight is 1100 g/mol. The zero-order valence-corrected chi connectivity index (χ0v) is 54.5. The van der Waals surface area contributed by atoms with Gasteiger partial charge in [-0.3, -0.25) is 9.59 Å². The van der Waals surface area contributed by atoms with E-state index in [-0.39, 0.29) is 23.8 Å². The van der Waals surface area contributed by atoms with E-state index in [1.165, 1.54) is 347 Å². The lowest BCUT2D eigenvalue weighted by molar-refractivity contribution is -0.161. The molecule has 0 radical (unpaired) electrons. The molecule has 0 aliphatic heterocycles. The minimum atomic E-state index is -0.376. The predicted octanol–water partition coefficient (Wildman–Crippen LogP) is 26.4. The molecular weight excluding hydrogens is 953 g/mol. The molecule has 4 heteroatoms. The first-order valence-corrected chi connectivity index (χ1v) is 36.9. The maximum absolute atomic E-state index is 14.1. The van der Waals surface area contributed by atoms with E-state index in [1.54, 1.807) is 0 Å². The molecule has 466 valence electrons. The lowest BCUT2D eigenvalue weighted by Gasteiger charge is -2.25. The van der Waals surface area contributed by atoms with Gasteiger partial charge in [-0.1, -0.05) is 413 Å². The summed E-state index contributed by atoms with van der Waals surface area (Å²) >= 11 is 0. The average Bonchev–Trinajstić information content (AvgIpc) is 3.45. The Morgan fingerprint density at radius 1 is 0.192 bits per heavy atom. The molecular formula is C74H146O4. The maximum Gasteiger partial charge on any atom is 0.309 e. The minimum Gasteiger partial charge on any atom is -0.465 e. The second-order valence-corrected chi connectivity index (χ2v) is 25.6. The van der Waals surface area contributed by atoms with Gasteiger partial charge in [0.1, 0.15) is 0 Å². The van der Waals surface area contributed by atoms with Crippen LogP contribution in [0.3, 0.4) is 0 Å². The lowest BCUT2D eigenvalue weighted by Crippen LogP contribution is -2.33. The molecule has 0 aromatic carbocycles. The molecule has 0 spiro atoms. The quantitative estimate of drug-likeness (QED) is 0.0450. The van der Waals surface area contributed by atoms with Crippen molar-refractivity contribution in [2.24, 2.45) is 11.8 Å². The fourth-order valence-corrected chi connectivity index (χ4v) is 12.3. The molecule has 0 bridgehead atoms. The monoisotopic (exact) mass is 1100 g/mol. The van der Waals surface area contributed by atoms with Crippen molar-refractivity contribution in [3.8, 4) is 0 Å². The van der Waals surface area contributed by atoms with Crippen molar-refractivity contribution in [2.75, 3.05) is 13.2 Å². The molecule has 2 atom stereocenters. The van der Waals surface area contributed by atoms with Crippen LogP contribution in [0.5, 0.6) is 0 Å². The van der Waals surface area contributed by atoms with Crippen molar-refractivity contribution in [3.63, 3.8) is 0 Å². The van der Waals surface area contributed by atoms with Crippen LogP contribution in [0.15, 0.2) is 0 Å². The molecule has 0 saturated heterocycles. The number of hydrogen-bond acceptors (Lipinski definition) is 4. The summed E-state index contributed by atoms with van der Waals surface area (Å²) < 4.78 is 12.3. The fraction of sp³-hybridized carbons (Fsp3) is 0.973. The summed E-state index contributed by atoms with van der Waals surface area (Å²) in [4.78, 5) is 28.3. The van der Waals surface area contributed by atoms with Crippen molar-refractivity contribution in [2.45, 2.75) is 439 Å². The Balaban J connectivity index is 4.91. The molecule has 0 heterocycles. The zero-order valence-electron chi connectivity index (χ0n) is 54.5. The fourth-order valence-electron chi connectivity index (χ4n) is 12.3. The van der Waals surface area contributed by atoms with Gasteiger partial charge < -0.3 is 9.47 Å². The number of carbonyl (C=O) groups is 2. The third-order valence-corrected chi connectivity index (χ3v) is 17.8. The van der Waals surface area contributed by atoms with E-state index in [2.05, 4.69) is 27.7 Å². The molecule has 0 saturated carbocycles. The van der Waals surface area contributed by atoms with Gasteiger partial charge in [-0.25, -0.2) is 0 Å². The smallest absolute Gasteiger partial charge is 0.309 e. The van der Waals surface area contributed by atoms with Crippen LogP contribution in [-0.2, 0) is 19.1 Å². The molecule has 4 nitrogen and oxygen atoms in total. The summed E-state index contributed by atoms with van der Waals surface area (Å²) in [5.74, 6) is -0.995. The number of carbonyl (C=O) groups excluding carboxylic acids is 2. The van der Waals surface area contributed by atoms with Gasteiger partial charge in [0.05, 0.1) is 25.0 Å². The molecule has 0 amide bonds. The lowest BCUT2D eigenvalue weighted by atomic mass is 9.83. The largest absolute Gasteiger partial charge is 0.465 e. The highest BCUT2D eigenvalue weighted by Crippen LogP contribution is 2.29. The van der Waals surface area contributed by atoms with Gasteiger partial charge in [0.2, 0.25) is 0 Å². The Morgan fingerprint density at radius 2 is 0.321 bits per heavy atom. The van der Waals surface area contributed by atoms with E-state index in [0.29, 0.717) is 13.2 Å². The molecule has 0 aromatic rings. The Kier molecular flexibility index (Phi) is 67.5. The number of rotatable bonds is 69. The molecule has 0 aliphatic rings. The molecule has 78 heavy (non-hydrogen) atoms. The normalized spacial score (nSPS) is 12.4. The Hall–Kier alpha value is -1.06. The van der Waals surface area contributed by atoms with Gasteiger partial charge >= 0.3 is 11.9 Å². The van der Waals surface area contributed by atoms with Gasteiger partial charge in [-0.15, -0.1) is 0 Å². The second kappa shape index (κ2) is 68.4. The SMILES string of the molecule is CCCCCCCCCCCCCCCCCCCCCCOC(=O)C(CCCCCCCCCCCC)C(CCCCCCCCCCCCCC)C(=O)OCCCCCCCCCCCCCCCCCCCCCC. The highest BCUT2D eigenvalue weighted by molar-refractivity contribution is 5.82. The summed E-state index contributed by atoms with van der Waals surface area (Å²) in [7, 11) is 0. The zero-order chi connectivity index (χ0) is 56.4. The van der Waals surface area contributed by atoms with E-state index in [0.717, 1.165) is 64.2 Å². The molecule has 0 aliphatic carbocycles. The third kappa shape index (κ3) is 59.6. The van der Waals surface area contributed by atoms with Crippen LogP contribution >= 0.6 is 0 Å². The van der Waals surface area contributed by atoms with Crippen molar-refractivity contribution in [1.29, 1.82) is 0 Å². The van der Waals surface area contributed by atoms with E-state index >= 15 is 0 Å². The van der Waals surface area contributed by atoms with Crippen LogP contribution in [0.4, 0.5) is 0 Å². The summed E-state index contributed by atoms with van der Waals surface area (Å²) in [6, 6.07) is 0. The number of esters is 2. The molecule has 0 aromatic heterocycles. The van der Waals surface area contributed by atoms with Crippen LogP contribution in [0.2, 0.25) is 0 Å². The molecule has 0 fully saturated rings. The first kappa shape index (κ1) is 76.9. The Morgan fingerprint density at radius 3 is 0.474 bits per heavy atom. The number of unbranched alkanes of at least 4 members (excludes halogenated alkanes) is 58.